The third-order valence-corrected chi connectivity index (χ3v) is 3.01. The molecule has 0 aliphatic carbocycles. The van der Waals surface area contributed by atoms with Crippen molar-refractivity contribution < 1.29 is 4.39 Å². The zero-order chi connectivity index (χ0) is 13.1. The minimum atomic E-state index is -0.235. The first-order chi connectivity index (χ1) is 8.61. The molecule has 0 amide bonds. The zero-order valence-corrected chi connectivity index (χ0v) is 10.7. The Balaban J connectivity index is 2.42. The topological polar surface area (TPSA) is 29.3 Å². The molecular weight excluding hydrogens is 227 g/mol. The van der Waals surface area contributed by atoms with Crippen LogP contribution in [0.5, 0.6) is 0 Å². The van der Waals surface area contributed by atoms with Crippen molar-refractivity contribution in [3.63, 3.8) is 0 Å². The highest BCUT2D eigenvalue weighted by molar-refractivity contribution is 5.66. The molecule has 0 saturated heterocycles. The molecule has 2 N–H and O–H groups in total. The van der Waals surface area contributed by atoms with Crippen LogP contribution in [0.1, 0.15) is 11.1 Å². The average Bonchev–Trinajstić information content (AvgIpc) is 2.37. The molecule has 2 nitrogen and oxygen atoms in total. The van der Waals surface area contributed by atoms with E-state index >= 15 is 0 Å². The average molecular weight is 244 g/mol. The van der Waals surface area contributed by atoms with Gasteiger partial charge in [0.2, 0.25) is 0 Å². The number of halogens is 1. The molecule has 2 aromatic carbocycles. The van der Waals surface area contributed by atoms with E-state index in [1.54, 1.807) is 6.07 Å². The van der Waals surface area contributed by atoms with Crippen molar-refractivity contribution in [2.75, 3.05) is 11.9 Å². The Labute approximate surface area is 107 Å². The van der Waals surface area contributed by atoms with E-state index in [-0.39, 0.29) is 5.82 Å². The van der Waals surface area contributed by atoms with E-state index in [9.17, 15) is 4.39 Å². The van der Waals surface area contributed by atoms with Gasteiger partial charge in [0.15, 0.2) is 0 Å². The lowest BCUT2D eigenvalue weighted by Crippen LogP contribution is -2.13. The van der Waals surface area contributed by atoms with Gasteiger partial charge in [-0.1, -0.05) is 23.8 Å². The summed E-state index contributed by atoms with van der Waals surface area (Å²) in [6, 6.07) is 12.6. The summed E-state index contributed by atoms with van der Waals surface area (Å²) in [6.07, 6.45) is 0. The van der Waals surface area contributed by atoms with Gasteiger partial charge < -0.3 is 10.6 Å². The number of hydrogen-bond donors (Lipinski definition) is 1. The first kappa shape index (κ1) is 12.6. The third-order valence-electron chi connectivity index (χ3n) is 3.01. The van der Waals surface area contributed by atoms with E-state index in [4.69, 9.17) is 5.73 Å². The fourth-order valence-corrected chi connectivity index (χ4v) is 2.03. The molecule has 0 aromatic heterocycles. The molecule has 0 saturated carbocycles. The highest BCUT2D eigenvalue weighted by atomic mass is 19.1. The van der Waals surface area contributed by atoms with Crippen LogP contribution in [0.15, 0.2) is 42.5 Å². The molecule has 2 aromatic rings. The number of nitrogens with zero attached hydrogens (tertiary/aromatic N) is 1. The van der Waals surface area contributed by atoms with E-state index in [2.05, 4.69) is 6.07 Å². The molecule has 94 valence electrons. The van der Waals surface area contributed by atoms with Gasteiger partial charge in [-0.15, -0.1) is 0 Å². The molecule has 2 rings (SSSR count). The van der Waals surface area contributed by atoms with Crippen LogP contribution in [0, 0.1) is 12.7 Å². The van der Waals surface area contributed by atoms with Gasteiger partial charge in [0.1, 0.15) is 5.82 Å². The lowest BCUT2D eigenvalue weighted by Gasteiger charge is -2.22. The van der Waals surface area contributed by atoms with Crippen LogP contribution in [0.3, 0.4) is 0 Å². The summed E-state index contributed by atoms with van der Waals surface area (Å²) in [5, 5.41) is 0. The predicted octanol–water partition coefficient (Wildman–Crippen LogP) is 3.36. The van der Waals surface area contributed by atoms with Gasteiger partial charge in [-0.25, -0.2) is 4.39 Å². The quantitative estimate of drug-likeness (QED) is 0.897. The number of nitrogens with two attached hydrogens (primary N) is 1. The van der Waals surface area contributed by atoms with Gasteiger partial charge in [-0.05, 0) is 36.8 Å². The largest absolute Gasteiger partial charge is 0.344 e. The van der Waals surface area contributed by atoms with E-state index in [0.717, 1.165) is 16.9 Å². The van der Waals surface area contributed by atoms with Crippen molar-refractivity contribution in [2.45, 2.75) is 13.5 Å². The fourth-order valence-electron chi connectivity index (χ4n) is 2.03. The molecule has 0 radical (unpaired) electrons. The maximum absolute atomic E-state index is 13.2. The number of rotatable bonds is 3. The normalized spacial score (nSPS) is 10.4. The first-order valence-electron chi connectivity index (χ1n) is 5.90. The molecule has 0 fully saturated rings. The molecule has 0 unspecified atom stereocenters. The maximum Gasteiger partial charge on any atom is 0.125 e. The second kappa shape index (κ2) is 5.19. The van der Waals surface area contributed by atoms with Gasteiger partial charge in [-0.3, -0.25) is 0 Å². The lowest BCUT2D eigenvalue weighted by atomic mass is 10.1. The second-order valence-corrected chi connectivity index (χ2v) is 4.38. The standard InChI is InChI=1S/C15H17FN2/c1-11-6-7-15(12(8-11)10-17)18(2)14-5-3-4-13(16)9-14/h3-9H,10,17H2,1-2H3. The van der Waals surface area contributed by atoms with Crippen LogP contribution >= 0.6 is 0 Å². The number of anilines is 2. The monoisotopic (exact) mass is 244 g/mol. The molecular formula is C15H17FN2. The van der Waals surface area contributed by atoms with Crippen LogP contribution in [0.25, 0.3) is 0 Å². The molecule has 3 heteroatoms. The third kappa shape index (κ3) is 2.51. The summed E-state index contributed by atoms with van der Waals surface area (Å²) in [7, 11) is 1.92. The maximum atomic E-state index is 13.2. The van der Waals surface area contributed by atoms with Gasteiger partial charge in [-0.2, -0.15) is 0 Å². The summed E-state index contributed by atoms with van der Waals surface area (Å²) in [4.78, 5) is 1.95. The number of benzene rings is 2. The Kier molecular flexibility index (Phi) is 3.63. The van der Waals surface area contributed by atoms with Crippen LogP contribution in [-0.2, 0) is 6.54 Å². The van der Waals surface area contributed by atoms with Crippen LogP contribution < -0.4 is 10.6 Å². The molecule has 18 heavy (non-hydrogen) atoms. The summed E-state index contributed by atoms with van der Waals surface area (Å²) in [5.41, 5.74) is 9.82. The Bertz CT molecular complexity index is 552. The van der Waals surface area contributed by atoms with E-state index < -0.39 is 0 Å². The van der Waals surface area contributed by atoms with Gasteiger partial charge in [0, 0.05) is 25.0 Å². The van der Waals surface area contributed by atoms with Gasteiger partial charge >= 0.3 is 0 Å². The summed E-state index contributed by atoms with van der Waals surface area (Å²) < 4.78 is 13.2. The van der Waals surface area contributed by atoms with Crippen LogP contribution in [-0.4, -0.2) is 7.05 Å². The Morgan fingerprint density at radius 1 is 1.17 bits per heavy atom. The minimum absolute atomic E-state index is 0.235. The van der Waals surface area contributed by atoms with Crippen molar-refractivity contribution in [1.82, 2.24) is 0 Å². The Morgan fingerprint density at radius 2 is 1.94 bits per heavy atom. The van der Waals surface area contributed by atoms with Crippen LogP contribution in [0.2, 0.25) is 0 Å². The lowest BCUT2D eigenvalue weighted by molar-refractivity contribution is 0.628. The SMILES string of the molecule is Cc1ccc(N(C)c2cccc(F)c2)c(CN)c1. The van der Waals surface area contributed by atoms with E-state index in [1.807, 2.05) is 37.1 Å². The molecule has 0 aliphatic rings. The van der Waals surface area contributed by atoms with Crippen molar-refractivity contribution >= 4 is 11.4 Å². The van der Waals surface area contributed by atoms with Gasteiger partial charge in [0.25, 0.3) is 0 Å². The highest BCUT2D eigenvalue weighted by Gasteiger charge is 2.09. The van der Waals surface area contributed by atoms with Crippen LogP contribution in [0.4, 0.5) is 15.8 Å². The van der Waals surface area contributed by atoms with Crippen molar-refractivity contribution in [2.24, 2.45) is 5.73 Å². The van der Waals surface area contributed by atoms with Crippen molar-refractivity contribution in [3.8, 4) is 0 Å². The van der Waals surface area contributed by atoms with Gasteiger partial charge in [0.05, 0.1) is 0 Å². The van der Waals surface area contributed by atoms with E-state index in [1.165, 1.54) is 17.7 Å². The molecule has 0 atom stereocenters. The predicted molar refractivity (Wildman–Crippen MR) is 73.5 cm³/mol. The zero-order valence-electron chi connectivity index (χ0n) is 10.7. The smallest absolute Gasteiger partial charge is 0.125 e. The highest BCUT2D eigenvalue weighted by Crippen LogP contribution is 2.27. The summed E-state index contributed by atoms with van der Waals surface area (Å²) in [6.45, 7) is 2.50. The molecule has 0 heterocycles. The molecule has 0 bridgehead atoms. The molecule has 0 aliphatic heterocycles. The Hall–Kier alpha value is -1.87. The first-order valence-corrected chi connectivity index (χ1v) is 5.90. The van der Waals surface area contributed by atoms with E-state index in [0.29, 0.717) is 6.54 Å². The van der Waals surface area contributed by atoms with Crippen molar-refractivity contribution in [3.05, 3.63) is 59.4 Å². The van der Waals surface area contributed by atoms with Crippen molar-refractivity contribution in [1.29, 1.82) is 0 Å². The Morgan fingerprint density at radius 3 is 2.61 bits per heavy atom. The number of hydrogen-bond acceptors (Lipinski definition) is 2. The summed E-state index contributed by atoms with van der Waals surface area (Å²) in [5.74, 6) is -0.235. The second-order valence-electron chi connectivity index (χ2n) is 4.38. The minimum Gasteiger partial charge on any atom is -0.344 e. The molecule has 0 spiro atoms. The fraction of sp³-hybridized carbons (Fsp3) is 0.200. The summed E-state index contributed by atoms with van der Waals surface area (Å²) >= 11 is 0. The number of aryl methyl sites for hydroxylation is 1.